The van der Waals surface area contributed by atoms with Crippen LogP contribution in [0.3, 0.4) is 0 Å². The number of benzene rings is 8. The summed E-state index contributed by atoms with van der Waals surface area (Å²) in [6, 6.07) is 59.6. The van der Waals surface area contributed by atoms with E-state index in [1.807, 2.05) is 18.3 Å². The van der Waals surface area contributed by atoms with Crippen molar-refractivity contribution in [2.75, 3.05) is 0 Å². The molecule has 0 saturated heterocycles. The van der Waals surface area contributed by atoms with E-state index in [1.165, 1.54) is 82.1 Å². The molecule has 47 heavy (non-hydrogen) atoms. The molecule has 8 aromatic carbocycles. The van der Waals surface area contributed by atoms with Crippen molar-refractivity contribution < 1.29 is 0 Å². The first-order valence-corrected chi connectivity index (χ1v) is 16.1. The van der Waals surface area contributed by atoms with Gasteiger partial charge in [-0.2, -0.15) is 0 Å². The van der Waals surface area contributed by atoms with Crippen LogP contribution in [0.2, 0.25) is 0 Å². The number of hydrogen-bond acceptors (Lipinski definition) is 1. The van der Waals surface area contributed by atoms with E-state index in [9.17, 15) is 0 Å². The lowest BCUT2D eigenvalue weighted by atomic mass is 9.87. The van der Waals surface area contributed by atoms with Crippen molar-refractivity contribution in [3.8, 4) is 39.2 Å². The number of aromatic nitrogens is 2. The van der Waals surface area contributed by atoms with Crippen LogP contribution in [0.1, 0.15) is 0 Å². The number of para-hydroxylation sites is 2. The van der Waals surface area contributed by atoms with E-state index in [1.54, 1.807) is 0 Å². The van der Waals surface area contributed by atoms with Crippen LogP contribution in [-0.2, 0) is 0 Å². The highest BCUT2D eigenvalue weighted by Crippen LogP contribution is 2.43. The second-order valence-corrected chi connectivity index (χ2v) is 12.4. The molecular formula is C45H28N2. The van der Waals surface area contributed by atoms with Crippen molar-refractivity contribution in [3.05, 3.63) is 170 Å². The van der Waals surface area contributed by atoms with Gasteiger partial charge in [0.2, 0.25) is 0 Å². The van der Waals surface area contributed by atoms with Crippen LogP contribution < -0.4 is 0 Å². The number of rotatable bonds is 4. The highest BCUT2D eigenvalue weighted by molar-refractivity contribution is 6.27. The van der Waals surface area contributed by atoms with Crippen molar-refractivity contribution in [1.82, 2.24) is 9.55 Å². The molecule has 0 radical (unpaired) electrons. The standard InChI is InChI=1S/C45H28N2/c1-3-13-42-37(10-1)38-11-2-4-14-43(38)47(42)34-9-7-8-33(28-34)36-24-20-32-21-25-39-35(23-19-31-22-26-40(36)45(32)44(31)39)29-15-17-30(18-16-29)41-12-5-6-27-46-41/h1-28H. The average Bonchev–Trinajstić information content (AvgIpc) is 3.49. The van der Waals surface area contributed by atoms with Crippen LogP contribution in [0.25, 0.3) is 93.3 Å². The lowest BCUT2D eigenvalue weighted by molar-refractivity contribution is 1.18. The van der Waals surface area contributed by atoms with Gasteiger partial charge < -0.3 is 4.57 Å². The minimum absolute atomic E-state index is 0.990. The van der Waals surface area contributed by atoms with Crippen LogP contribution in [-0.4, -0.2) is 9.55 Å². The Kier molecular flexibility index (Phi) is 5.61. The molecule has 0 N–H and O–H groups in total. The van der Waals surface area contributed by atoms with E-state index in [-0.39, 0.29) is 0 Å². The smallest absolute Gasteiger partial charge is 0.0701 e. The predicted octanol–water partition coefficient (Wildman–Crippen LogP) is 12.1. The van der Waals surface area contributed by atoms with Crippen LogP contribution in [0.15, 0.2) is 170 Å². The Morgan fingerprint density at radius 2 is 0.957 bits per heavy atom. The highest BCUT2D eigenvalue weighted by atomic mass is 15.0. The van der Waals surface area contributed by atoms with Crippen molar-refractivity contribution in [2.24, 2.45) is 0 Å². The van der Waals surface area contributed by atoms with Gasteiger partial charge in [0.25, 0.3) is 0 Å². The summed E-state index contributed by atoms with van der Waals surface area (Å²) in [5, 5.41) is 10.3. The fourth-order valence-corrected chi connectivity index (χ4v) is 7.67. The number of nitrogens with zero attached hydrogens (tertiary/aromatic N) is 2. The molecule has 0 saturated carbocycles. The summed E-state index contributed by atoms with van der Waals surface area (Å²) in [7, 11) is 0. The number of pyridine rings is 1. The zero-order chi connectivity index (χ0) is 30.9. The summed E-state index contributed by atoms with van der Waals surface area (Å²) in [6.45, 7) is 0. The molecule has 0 spiro atoms. The lowest BCUT2D eigenvalue weighted by Gasteiger charge is -2.17. The summed E-state index contributed by atoms with van der Waals surface area (Å²) in [5.74, 6) is 0. The second kappa shape index (κ2) is 10.1. The maximum absolute atomic E-state index is 4.54. The van der Waals surface area contributed by atoms with Gasteiger partial charge in [0.05, 0.1) is 16.7 Å². The minimum Gasteiger partial charge on any atom is -0.309 e. The van der Waals surface area contributed by atoms with E-state index < -0.39 is 0 Å². The van der Waals surface area contributed by atoms with Gasteiger partial charge in [0.15, 0.2) is 0 Å². The Labute approximate surface area is 272 Å². The molecule has 0 unspecified atom stereocenters. The first kappa shape index (κ1) is 26.0. The molecule has 0 aliphatic heterocycles. The number of hydrogen-bond donors (Lipinski definition) is 0. The molecule has 2 aromatic heterocycles. The molecule has 2 nitrogen and oxygen atoms in total. The SMILES string of the molecule is c1ccc(-c2ccc(-c3ccc4ccc5c(-c6cccc(-n7c8ccccc8c8ccccc87)c6)ccc6ccc3c4c65)cc2)nc1. The van der Waals surface area contributed by atoms with Crippen LogP contribution >= 0.6 is 0 Å². The first-order valence-electron chi connectivity index (χ1n) is 16.1. The molecule has 0 fully saturated rings. The zero-order valence-corrected chi connectivity index (χ0v) is 25.6. The zero-order valence-electron chi connectivity index (χ0n) is 25.6. The molecular weight excluding hydrogens is 569 g/mol. The topological polar surface area (TPSA) is 17.8 Å². The van der Waals surface area contributed by atoms with Gasteiger partial charge in [-0.15, -0.1) is 0 Å². The lowest BCUT2D eigenvalue weighted by Crippen LogP contribution is -1.94. The molecule has 218 valence electrons. The van der Waals surface area contributed by atoms with Gasteiger partial charge in [0, 0.05) is 28.2 Å². The second-order valence-electron chi connectivity index (χ2n) is 12.4. The Balaban J connectivity index is 1.15. The van der Waals surface area contributed by atoms with E-state index in [2.05, 4.69) is 161 Å². The van der Waals surface area contributed by atoms with Crippen molar-refractivity contribution in [3.63, 3.8) is 0 Å². The minimum atomic E-state index is 0.990. The van der Waals surface area contributed by atoms with Gasteiger partial charge in [-0.25, -0.2) is 0 Å². The Morgan fingerprint density at radius 3 is 1.60 bits per heavy atom. The molecule has 0 bridgehead atoms. The van der Waals surface area contributed by atoms with Gasteiger partial charge in [-0.1, -0.05) is 127 Å². The van der Waals surface area contributed by atoms with E-state index in [0.717, 1.165) is 11.3 Å². The van der Waals surface area contributed by atoms with Crippen LogP contribution in [0.4, 0.5) is 0 Å². The molecule has 0 amide bonds. The predicted molar refractivity (Wildman–Crippen MR) is 199 cm³/mol. The quantitative estimate of drug-likeness (QED) is 0.185. The van der Waals surface area contributed by atoms with Gasteiger partial charge in [-0.05, 0) is 91.0 Å². The Bertz CT molecular complexity index is 2720. The Hall–Kier alpha value is -6.25. The molecule has 10 rings (SSSR count). The number of fused-ring (bicyclic) bond motifs is 3. The molecule has 2 heteroatoms. The third-order valence-corrected chi connectivity index (χ3v) is 9.82. The Morgan fingerprint density at radius 1 is 0.383 bits per heavy atom. The normalized spacial score (nSPS) is 11.8. The van der Waals surface area contributed by atoms with Gasteiger partial charge >= 0.3 is 0 Å². The van der Waals surface area contributed by atoms with Crippen molar-refractivity contribution in [2.45, 2.75) is 0 Å². The fourth-order valence-electron chi connectivity index (χ4n) is 7.67. The van der Waals surface area contributed by atoms with Gasteiger partial charge in [-0.3, -0.25) is 4.98 Å². The summed E-state index contributed by atoms with van der Waals surface area (Å²) < 4.78 is 2.40. The fraction of sp³-hybridized carbons (Fsp3) is 0. The highest BCUT2D eigenvalue weighted by Gasteiger charge is 2.16. The third-order valence-electron chi connectivity index (χ3n) is 9.82. The van der Waals surface area contributed by atoms with E-state index in [0.29, 0.717) is 0 Å². The van der Waals surface area contributed by atoms with Crippen molar-refractivity contribution in [1.29, 1.82) is 0 Å². The molecule has 2 heterocycles. The molecule has 10 aromatic rings. The summed E-state index contributed by atoms with van der Waals surface area (Å²) >= 11 is 0. The molecule has 0 aliphatic rings. The van der Waals surface area contributed by atoms with E-state index >= 15 is 0 Å². The monoisotopic (exact) mass is 596 g/mol. The molecule has 0 atom stereocenters. The largest absolute Gasteiger partial charge is 0.309 e. The van der Waals surface area contributed by atoms with Crippen LogP contribution in [0.5, 0.6) is 0 Å². The summed E-state index contributed by atoms with van der Waals surface area (Å²) in [4.78, 5) is 4.54. The third kappa shape index (κ3) is 3.95. The average molecular weight is 597 g/mol. The first-order chi connectivity index (χ1) is 23.3. The summed E-state index contributed by atoms with van der Waals surface area (Å²) in [5.41, 5.74) is 10.7. The van der Waals surface area contributed by atoms with E-state index in [4.69, 9.17) is 0 Å². The molecule has 0 aliphatic carbocycles. The maximum Gasteiger partial charge on any atom is 0.0701 e. The van der Waals surface area contributed by atoms with Crippen molar-refractivity contribution >= 4 is 54.1 Å². The van der Waals surface area contributed by atoms with Crippen LogP contribution in [0, 0.1) is 0 Å². The maximum atomic E-state index is 4.54. The summed E-state index contributed by atoms with van der Waals surface area (Å²) in [6.07, 6.45) is 1.85. The van der Waals surface area contributed by atoms with Gasteiger partial charge in [0.1, 0.15) is 0 Å².